The molecule has 1 saturated heterocycles. The Hall–Kier alpha value is -7.27. The van der Waals surface area contributed by atoms with Crippen LogP contribution in [0.2, 0.25) is 25.1 Å². The van der Waals surface area contributed by atoms with Crippen LogP contribution in [0.4, 0.5) is 32.7 Å². The summed E-state index contributed by atoms with van der Waals surface area (Å²) in [4.78, 5) is 45.1. The van der Waals surface area contributed by atoms with Gasteiger partial charge in [0, 0.05) is 130 Å². The number of amides is 1. The molecule has 96 heavy (non-hydrogen) atoms. The molecule has 1 fully saturated rings. The number of anilines is 3. The predicted octanol–water partition coefficient (Wildman–Crippen LogP) is 13.1. The first-order chi connectivity index (χ1) is 46.3. The third kappa shape index (κ3) is 31.3. The van der Waals surface area contributed by atoms with Gasteiger partial charge < -0.3 is 61.5 Å². The number of pyridine rings is 3. The molecule has 7 heterocycles. The van der Waals surface area contributed by atoms with Gasteiger partial charge in [-0.2, -0.15) is 20.0 Å². The van der Waals surface area contributed by atoms with Crippen LogP contribution in [-0.4, -0.2) is 147 Å². The molecule has 518 valence electrons. The molecule has 10 rings (SSSR count). The minimum atomic E-state index is -1.41. The van der Waals surface area contributed by atoms with Crippen molar-refractivity contribution in [1.82, 2.24) is 50.4 Å². The molecular formula is C62H77BCl6IN15O11. The van der Waals surface area contributed by atoms with Crippen molar-refractivity contribution in [3.05, 3.63) is 197 Å². The van der Waals surface area contributed by atoms with Crippen molar-refractivity contribution in [1.29, 1.82) is 0 Å². The first kappa shape index (κ1) is 81.2. The highest BCUT2D eigenvalue weighted by Crippen LogP contribution is 2.31. The van der Waals surface area contributed by atoms with Gasteiger partial charge in [-0.1, -0.05) is 89.7 Å². The molecule has 1 amide bonds. The number of nitrogens with one attached hydrogen (secondary N) is 6. The van der Waals surface area contributed by atoms with Crippen LogP contribution in [0.1, 0.15) is 75.1 Å². The maximum atomic E-state index is 12.6. The lowest BCUT2D eigenvalue weighted by atomic mass is 9.83. The molecule has 26 nitrogen and oxygen atoms in total. The second kappa shape index (κ2) is 44.5. The summed E-state index contributed by atoms with van der Waals surface area (Å²) in [6.07, 6.45) is 14.3. The second-order valence-corrected chi connectivity index (χ2v) is 24.0. The zero-order chi connectivity index (χ0) is 72.0. The number of aromatic nitrogens is 9. The molecule has 6 aromatic heterocycles. The van der Waals surface area contributed by atoms with E-state index in [0.717, 1.165) is 63.0 Å². The normalized spacial score (nSPS) is 11.8. The molecule has 9 aromatic rings. The summed E-state index contributed by atoms with van der Waals surface area (Å²) in [7, 11) is -1.41. The van der Waals surface area contributed by atoms with E-state index in [1.54, 1.807) is 79.8 Å². The maximum Gasteiger partial charge on any atom is 0.491 e. The maximum absolute atomic E-state index is 12.6. The van der Waals surface area contributed by atoms with Crippen LogP contribution in [0.3, 0.4) is 0 Å². The first-order valence-electron chi connectivity index (χ1n) is 29.6. The monoisotopic (exact) mass is 1560 g/mol. The van der Waals surface area contributed by atoms with Crippen molar-refractivity contribution in [3.63, 3.8) is 0 Å². The number of benzene rings is 3. The standard InChI is InChI=1S/C20H21Cl2N5O2.C11H13ClN4.C8H10ClIN2.C8H10ClNO.C7H4ClNO4.C4H8O2.C3H5BN2O2.CH4.H2/c1-12(2)25-19-7-16(17(22)9-23-19)14-8-24-27(10-14)20(29)26-18(11-28)13-4-3-5-15(21)6-13;1-7(2)16-11-3-9(10(12)6-13-11)8-4-14-15-5-8;1-5(2)12-8-3-7(10)6(9)4-11-8;9-7-3-1-2-6(4-7)8(10)5-11;8-7(10)13-6-3-1-5(2-4-6)9(11)12;1-2-6-4-3-5-1;7-4(8)3-1-5-6-2-3;;/h3-10,12,18,28H,11H2,1-2H3,(H,23,25)(H,26,29);3-7H,1-2H3,(H,13,16)(H,14,15);3-5H,1-2H3,(H,11,12);1-4,8,11H,5,10H2;1-4H;1-4H2;1-2,7-8H,(H,5,6);1H4;1H/i;;;;;;;;1+1D. The van der Waals surface area contributed by atoms with E-state index in [1.807, 2.05) is 44.2 Å². The third-order valence-corrected chi connectivity index (χ3v) is 14.4. The molecule has 0 radical (unpaired) electrons. The van der Waals surface area contributed by atoms with Gasteiger partial charge >= 0.3 is 18.6 Å². The lowest BCUT2D eigenvalue weighted by molar-refractivity contribution is -0.384. The molecule has 2 unspecified atom stereocenters. The minimum Gasteiger partial charge on any atom is -0.423 e. The molecule has 1 aliphatic rings. The minimum absolute atomic E-state index is 0. The average Bonchev–Trinajstić information content (AvgIpc) is 1.61. The summed E-state index contributed by atoms with van der Waals surface area (Å²) >= 11 is 37.0. The Bertz CT molecular complexity index is 3740. The van der Waals surface area contributed by atoms with Gasteiger partial charge in [-0.05, 0) is 130 Å². The fraction of sp³-hybridized carbons (Fsp3) is 0.290. The van der Waals surface area contributed by atoms with E-state index in [1.165, 1.54) is 36.7 Å². The zero-order valence-electron chi connectivity index (χ0n) is 54.0. The number of carbonyl (C=O) groups is 2. The van der Waals surface area contributed by atoms with Crippen LogP contribution in [0.15, 0.2) is 147 Å². The van der Waals surface area contributed by atoms with Crippen LogP contribution in [-0.2, 0) is 9.47 Å². The molecule has 2 atom stereocenters. The molecule has 0 spiro atoms. The van der Waals surface area contributed by atoms with Crippen molar-refractivity contribution in [2.24, 2.45) is 5.73 Å². The summed E-state index contributed by atoms with van der Waals surface area (Å²) in [5, 5.41) is 77.5. The zero-order valence-corrected chi connectivity index (χ0v) is 58.7. The summed E-state index contributed by atoms with van der Waals surface area (Å²) < 4.78 is 26.5. The topological polar surface area (TPSA) is 374 Å². The molecule has 34 heteroatoms. The van der Waals surface area contributed by atoms with E-state index in [0.29, 0.717) is 65.2 Å². The van der Waals surface area contributed by atoms with Crippen LogP contribution >= 0.6 is 92.2 Å². The highest BCUT2D eigenvalue weighted by Gasteiger charge is 2.18. The Kier molecular flexibility index (Phi) is 37.7. The Morgan fingerprint density at radius 3 is 1.61 bits per heavy atom. The Balaban J connectivity index is 0.000000409. The molecule has 0 bridgehead atoms. The van der Waals surface area contributed by atoms with E-state index in [9.17, 15) is 24.8 Å². The number of hydrogen-bond donors (Lipinski definition) is 11. The number of nitrogens with zero attached hydrogens (tertiary/aromatic N) is 8. The van der Waals surface area contributed by atoms with Gasteiger partial charge in [0.05, 0.1) is 84.1 Å². The van der Waals surface area contributed by atoms with Crippen LogP contribution < -0.4 is 37.2 Å². The quantitative estimate of drug-likeness (QED) is 0.0141. The van der Waals surface area contributed by atoms with Crippen molar-refractivity contribution in [3.8, 4) is 28.0 Å². The third-order valence-electron chi connectivity index (χ3n) is 11.8. The SMILES string of the molecule is C.C1COCCO1.CC(C)Nc1cc(-c2cn[nH]c2)c(Cl)cn1.CC(C)Nc1cc(-c2cnn(C(=O)NC(CO)c3cccc(Cl)c3)c2)c(Cl)cn1.CC(C)Nc1cc(I)c(Cl)cn1.NC(CO)c1cccc(Cl)c1.O=C(Cl)Oc1ccc([N+](=O)[O-])cc1.OB(O)c1cn[nH]c1.[2H][2H]. The number of nitro groups is 1. The summed E-state index contributed by atoms with van der Waals surface area (Å²) in [6.45, 7) is 15.1. The van der Waals surface area contributed by atoms with Crippen LogP contribution in [0, 0.1) is 13.7 Å². The Morgan fingerprint density at radius 1 is 0.708 bits per heavy atom. The van der Waals surface area contributed by atoms with Crippen LogP contribution in [0.25, 0.3) is 22.3 Å². The Morgan fingerprint density at radius 2 is 1.20 bits per heavy atom. The average molecular weight is 1560 g/mol. The number of ether oxygens (including phenoxy) is 3. The highest BCUT2D eigenvalue weighted by atomic mass is 127. The summed E-state index contributed by atoms with van der Waals surface area (Å²) in [5.74, 6) is 2.54. The second-order valence-electron chi connectivity index (χ2n) is 20.4. The van der Waals surface area contributed by atoms with Gasteiger partial charge in [0.2, 0.25) is 0 Å². The van der Waals surface area contributed by atoms with Crippen molar-refractivity contribution in [2.75, 3.05) is 55.6 Å². The lowest BCUT2D eigenvalue weighted by Gasteiger charge is -2.16. The molecule has 3 aromatic carbocycles. The van der Waals surface area contributed by atoms with E-state index in [2.05, 4.69) is 117 Å². The highest BCUT2D eigenvalue weighted by molar-refractivity contribution is 14.1. The van der Waals surface area contributed by atoms with Gasteiger partial charge in [0.25, 0.3) is 5.69 Å². The predicted molar refractivity (Wildman–Crippen MR) is 390 cm³/mol. The number of aromatic amines is 2. The van der Waals surface area contributed by atoms with Crippen molar-refractivity contribution >= 4 is 139 Å². The van der Waals surface area contributed by atoms with E-state index in [-0.39, 0.29) is 44.2 Å². The first-order valence-corrected chi connectivity index (χ1v) is 32.0. The summed E-state index contributed by atoms with van der Waals surface area (Å²) in [5.41, 5.74) is 9.70. The molecule has 0 aliphatic carbocycles. The molecule has 12 N–H and O–H groups in total. The van der Waals surface area contributed by atoms with Crippen molar-refractivity contribution in [2.45, 2.75) is 79.2 Å². The Labute approximate surface area is 602 Å². The van der Waals surface area contributed by atoms with Gasteiger partial charge in [-0.15, -0.1) is 0 Å². The fourth-order valence-corrected chi connectivity index (χ4v) is 8.86. The number of nitro benzene ring substituents is 1. The number of halogens is 7. The largest absolute Gasteiger partial charge is 0.491 e. The van der Waals surface area contributed by atoms with E-state index in [4.69, 9.17) is 103 Å². The number of H-pyrrole nitrogens is 2. The number of hydrogen-bond acceptors (Lipinski definition) is 21. The van der Waals surface area contributed by atoms with Gasteiger partial charge in [0.15, 0.2) is 0 Å². The van der Waals surface area contributed by atoms with E-state index >= 15 is 0 Å². The molecular weight excluding hydrogens is 1480 g/mol. The van der Waals surface area contributed by atoms with Gasteiger partial charge in [0.1, 0.15) is 23.2 Å². The number of nitrogens with two attached hydrogens (primary N) is 1. The number of aliphatic hydroxyl groups excluding tert-OH is 2. The fourth-order valence-electron chi connectivity index (χ4n) is 7.42. The molecule has 1 aliphatic heterocycles. The smallest absolute Gasteiger partial charge is 0.423 e. The van der Waals surface area contributed by atoms with Gasteiger partial charge in [-0.25, -0.2) is 24.5 Å². The number of carbonyl (C=O) groups excluding carboxylic acids is 2. The molecule has 0 saturated carbocycles. The lowest BCUT2D eigenvalue weighted by Crippen LogP contribution is -2.34. The van der Waals surface area contributed by atoms with Crippen molar-refractivity contribution < 1.29 is 52.0 Å². The summed E-state index contributed by atoms with van der Waals surface area (Å²) in [6, 6.07) is 24.3. The number of aliphatic hydroxyl groups is 2. The van der Waals surface area contributed by atoms with E-state index < -0.39 is 29.5 Å². The number of rotatable bonds is 16. The van der Waals surface area contributed by atoms with Gasteiger partial charge in [-0.3, -0.25) is 20.3 Å². The number of non-ortho nitro benzene ring substituents is 1. The van der Waals surface area contributed by atoms with Crippen LogP contribution in [0.5, 0.6) is 5.75 Å².